The maximum absolute atomic E-state index is 12.9. The molecule has 8 nitrogen and oxygen atoms in total. The van der Waals surface area contributed by atoms with Gasteiger partial charge in [-0.2, -0.15) is 0 Å². The fourth-order valence-corrected chi connectivity index (χ4v) is 7.90. The van der Waals surface area contributed by atoms with Gasteiger partial charge in [-0.25, -0.2) is 0 Å². The highest BCUT2D eigenvalue weighted by Crippen LogP contribution is 2.38. The summed E-state index contributed by atoms with van der Waals surface area (Å²) in [5.41, 5.74) is 0. The van der Waals surface area contributed by atoms with Crippen molar-refractivity contribution < 1.29 is 32.9 Å². The number of aliphatic hydroxyl groups is 1. The zero-order valence-electron chi connectivity index (χ0n) is 42.7. The summed E-state index contributed by atoms with van der Waals surface area (Å²) < 4.78 is 23.2. The van der Waals surface area contributed by atoms with Crippen LogP contribution in [0, 0.1) is 0 Å². The molecule has 0 saturated heterocycles. The number of aliphatic hydroxyl groups excluding tert-OH is 1. The molecule has 1 amide bonds. The molecular weight excluding hydrogens is 828 g/mol. The van der Waals surface area contributed by atoms with Crippen LogP contribution in [0.3, 0.4) is 0 Å². The Kier molecular flexibility index (Phi) is 45.1. The molecule has 0 aromatic rings. The fraction of sp³-hybridized carbons (Fsp3) is 0.732. The van der Waals surface area contributed by atoms with E-state index in [9.17, 15) is 19.4 Å². The molecule has 0 fully saturated rings. The van der Waals surface area contributed by atoms with E-state index in [1.165, 1.54) is 109 Å². The number of phosphoric ester groups is 1. The zero-order valence-corrected chi connectivity index (χ0v) is 43.6. The van der Waals surface area contributed by atoms with E-state index < -0.39 is 26.6 Å². The van der Waals surface area contributed by atoms with Crippen molar-refractivity contribution in [2.24, 2.45) is 0 Å². The molecule has 9 heteroatoms. The van der Waals surface area contributed by atoms with Crippen LogP contribution in [0.5, 0.6) is 0 Å². The smallest absolute Gasteiger partial charge is 0.268 e. The molecule has 0 aliphatic rings. The molecule has 0 rings (SSSR count). The van der Waals surface area contributed by atoms with Crippen molar-refractivity contribution >= 4 is 13.7 Å². The van der Waals surface area contributed by atoms with E-state index in [-0.39, 0.29) is 12.5 Å². The third kappa shape index (κ3) is 49.4. The quantitative estimate of drug-likeness (QED) is 0.0272. The Balaban J connectivity index is 4.38. The molecule has 3 atom stereocenters. The van der Waals surface area contributed by atoms with Gasteiger partial charge in [0.15, 0.2) is 0 Å². The van der Waals surface area contributed by atoms with Crippen LogP contribution in [0.4, 0.5) is 0 Å². The summed E-state index contributed by atoms with van der Waals surface area (Å²) in [5.74, 6) is -0.237. The number of hydrogen-bond donors (Lipinski definition) is 2. The first-order chi connectivity index (χ1) is 31.5. The van der Waals surface area contributed by atoms with Gasteiger partial charge in [0.1, 0.15) is 13.2 Å². The Bertz CT molecular complexity index is 1330. The number of likely N-dealkylation sites (N-methyl/N-ethyl adjacent to an activating group) is 1. The van der Waals surface area contributed by atoms with Crippen LogP contribution < -0.4 is 10.2 Å². The zero-order chi connectivity index (χ0) is 47.8. The highest BCUT2D eigenvalue weighted by molar-refractivity contribution is 7.45. The van der Waals surface area contributed by atoms with Crippen LogP contribution in [0.15, 0.2) is 85.1 Å². The third-order valence-electron chi connectivity index (χ3n) is 11.3. The number of allylic oxidation sites excluding steroid dienone is 13. The highest BCUT2D eigenvalue weighted by Gasteiger charge is 2.23. The van der Waals surface area contributed by atoms with Crippen molar-refractivity contribution in [3.63, 3.8) is 0 Å². The first-order valence-corrected chi connectivity index (χ1v) is 27.9. The summed E-state index contributed by atoms with van der Waals surface area (Å²) in [6.45, 7) is 4.48. The van der Waals surface area contributed by atoms with E-state index in [2.05, 4.69) is 92.1 Å². The van der Waals surface area contributed by atoms with Crippen molar-refractivity contribution in [3.05, 3.63) is 85.1 Å². The number of carbonyl (C=O) groups is 1. The second-order valence-electron chi connectivity index (χ2n) is 18.8. The van der Waals surface area contributed by atoms with Crippen LogP contribution in [0.2, 0.25) is 0 Å². The number of carbonyl (C=O) groups excluding carboxylic acids is 1. The van der Waals surface area contributed by atoms with Gasteiger partial charge in [0.2, 0.25) is 5.91 Å². The largest absolute Gasteiger partial charge is 0.756 e. The summed E-state index contributed by atoms with van der Waals surface area (Å²) in [5, 5.41) is 13.8. The van der Waals surface area contributed by atoms with Crippen LogP contribution in [-0.4, -0.2) is 68.5 Å². The summed E-state index contributed by atoms with van der Waals surface area (Å²) in [4.78, 5) is 25.4. The molecule has 0 saturated carbocycles. The Labute approximate surface area is 401 Å². The molecule has 0 bridgehead atoms. The molecule has 0 aliphatic heterocycles. The molecule has 376 valence electrons. The van der Waals surface area contributed by atoms with Crippen LogP contribution in [0.1, 0.15) is 213 Å². The van der Waals surface area contributed by atoms with Crippen molar-refractivity contribution in [1.82, 2.24) is 5.32 Å². The second kappa shape index (κ2) is 46.8. The summed E-state index contributed by atoms with van der Waals surface area (Å²) in [6, 6.07) is -0.928. The van der Waals surface area contributed by atoms with Crippen molar-refractivity contribution in [2.75, 3.05) is 40.9 Å². The number of unbranched alkanes of at least 4 members (excludes halogenated alkanes) is 22. The monoisotopic (exact) mass is 929 g/mol. The van der Waals surface area contributed by atoms with Crippen molar-refractivity contribution in [2.45, 2.75) is 225 Å². The molecular formula is C56H101N2O6P. The van der Waals surface area contributed by atoms with Gasteiger partial charge < -0.3 is 28.8 Å². The molecule has 0 radical (unpaired) electrons. The predicted molar refractivity (Wildman–Crippen MR) is 279 cm³/mol. The van der Waals surface area contributed by atoms with Gasteiger partial charge in [0.05, 0.1) is 39.9 Å². The minimum Gasteiger partial charge on any atom is -0.756 e. The number of rotatable bonds is 47. The van der Waals surface area contributed by atoms with E-state index in [0.29, 0.717) is 17.4 Å². The molecule has 0 spiro atoms. The first kappa shape index (κ1) is 62.7. The van der Waals surface area contributed by atoms with Gasteiger partial charge in [0, 0.05) is 6.42 Å². The normalized spacial score (nSPS) is 14.8. The number of nitrogens with one attached hydrogen (secondary N) is 1. The third-order valence-corrected chi connectivity index (χ3v) is 12.3. The predicted octanol–water partition coefficient (Wildman–Crippen LogP) is 15.1. The summed E-state index contributed by atoms with van der Waals surface area (Å²) >= 11 is 0. The lowest BCUT2D eigenvalue weighted by molar-refractivity contribution is -0.870. The average Bonchev–Trinajstić information content (AvgIpc) is 3.26. The molecule has 65 heavy (non-hydrogen) atoms. The lowest BCUT2D eigenvalue weighted by Crippen LogP contribution is -2.45. The molecule has 0 aromatic heterocycles. The van der Waals surface area contributed by atoms with E-state index in [1.807, 2.05) is 27.2 Å². The van der Waals surface area contributed by atoms with E-state index >= 15 is 0 Å². The molecule has 0 aliphatic carbocycles. The number of hydrogen-bond acceptors (Lipinski definition) is 6. The Hall–Kier alpha value is -2.32. The maximum atomic E-state index is 12.9. The van der Waals surface area contributed by atoms with E-state index in [0.717, 1.165) is 83.5 Å². The first-order valence-electron chi connectivity index (χ1n) is 26.4. The Morgan fingerprint density at radius 2 is 0.954 bits per heavy atom. The number of amides is 1. The van der Waals surface area contributed by atoms with Gasteiger partial charge in [-0.1, -0.05) is 208 Å². The van der Waals surface area contributed by atoms with Gasteiger partial charge in [-0.3, -0.25) is 9.36 Å². The van der Waals surface area contributed by atoms with Crippen molar-refractivity contribution in [1.29, 1.82) is 0 Å². The lowest BCUT2D eigenvalue weighted by Gasteiger charge is -2.29. The highest BCUT2D eigenvalue weighted by atomic mass is 31.2. The SMILES string of the molecule is CC/C=C\C/C=C\C/C=C\C/C=C\CCCCCCC(=O)NC(COP(=O)([O-])OCC[N+](C)(C)C)C(O)/C=C/CC/C=C/CC/C=C/CCCCCCCCCCCCCCCCCC. The number of nitrogens with zero attached hydrogens (tertiary/aromatic N) is 1. The number of quaternary nitrogens is 1. The van der Waals surface area contributed by atoms with Crippen LogP contribution in [0.25, 0.3) is 0 Å². The summed E-state index contributed by atoms with van der Waals surface area (Å²) in [6.07, 6.45) is 65.2. The Morgan fingerprint density at radius 3 is 1.43 bits per heavy atom. The van der Waals surface area contributed by atoms with Crippen LogP contribution >= 0.6 is 7.82 Å². The molecule has 0 aromatic carbocycles. The topological polar surface area (TPSA) is 108 Å². The van der Waals surface area contributed by atoms with E-state index in [1.54, 1.807) is 6.08 Å². The van der Waals surface area contributed by atoms with Gasteiger partial charge >= 0.3 is 0 Å². The van der Waals surface area contributed by atoms with Gasteiger partial charge in [-0.05, 0) is 83.5 Å². The average molecular weight is 929 g/mol. The summed E-state index contributed by atoms with van der Waals surface area (Å²) in [7, 11) is 1.21. The van der Waals surface area contributed by atoms with Gasteiger partial charge in [0.25, 0.3) is 7.82 Å². The maximum Gasteiger partial charge on any atom is 0.268 e. The van der Waals surface area contributed by atoms with Crippen molar-refractivity contribution in [3.8, 4) is 0 Å². The molecule has 2 N–H and O–H groups in total. The minimum atomic E-state index is -4.62. The van der Waals surface area contributed by atoms with Gasteiger partial charge in [-0.15, -0.1) is 0 Å². The molecule has 0 heterocycles. The van der Waals surface area contributed by atoms with E-state index in [4.69, 9.17) is 9.05 Å². The standard InChI is InChI=1S/C56H101N2O6P/c1-6-8-10-12-14-16-18-20-22-24-25-26-27-28-29-30-31-32-34-35-37-39-41-43-45-47-49-55(59)54(53-64-65(61,62)63-52-51-58(3,4)5)57-56(60)50-48-46-44-42-40-38-36-33-23-21-19-17-15-13-11-9-7-2/h9,11,15,17,21,23,32,34,36,38-39,41,47,49,54-55,59H,6-8,10,12-14,16,18-20,22,24-31,33,35,37,40,42-46,48,50-53H2,1-5H3,(H-,57,60,61,62)/b11-9-,17-15-,23-21-,34-32+,38-36-,41-39+,49-47+. The fourth-order valence-electron chi connectivity index (χ4n) is 7.18. The minimum absolute atomic E-state index is 0.0184. The van der Waals surface area contributed by atoms with Crippen LogP contribution in [-0.2, 0) is 18.4 Å². The number of phosphoric acid groups is 1. The lowest BCUT2D eigenvalue weighted by atomic mass is 10.0. The second-order valence-corrected chi connectivity index (χ2v) is 20.2. The molecule has 3 unspecified atom stereocenters. The Morgan fingerprint density at radius 1 is 0.554 bits per heavy atom.